The van der Waals surface area contributed by atoms with Crippen molar-refractivity contribution in [3.05, 3.63) is 29.3 Å². The molecule has 2 rings (SSSR count). The minimum absolute atomic E-state index is 0.242. The number of nitrogens with zero attached hydrogens (tertiary/aromatic N) is 1. The van der Waals surface area contributed by atoms with Gasteiger partial charge in [0.05, 0.1) is 13.7 Å². The molecular formula is C12H17NO2. The summed E-state index contributed by atoms with van der Waals surface area (Å²) in [5, 5.41) is 8.89. The molecule has 3 heteroatoms. The number of hydrogen-bond acceptors (Lipinski definition) is 3. The van der Waals surface area contributed by atoms with Crippen LogP contribution in [0.2, 0.25) is 0 Å². The second-order valence-corrected chi connectivity index (χ2v) is 3.88. The first-order valence-corrected chi connectivity index (χ1v) is 5.32. The van der Waals surface area contributed by atoms with Gasteiger partial charge >= 0.3 is 0 Å². The summed E-state index contributed by atoms with van der Waals surface area (Å²) in [5.41, 5.74) is 2.74. The molecule has 1 aliphatic rings. The molecule has 0 bridgehead atoms. The van der Waals surface area contributed by atoms with E-state index in [1.165, 1.54) is 11.1 Å². The van der Waals surface area contributed by atoms with Crippen molar-refractivity contribution in [2.45, 2.75) is 13.0 Å². The molecule has 0 radical (unpaired) electrons. The Labute approximate surface area is 90.3 Å². The number of methoxy groups -OCH3 is 1. The molecule has 0 amide bonds. The van der Waals surface area contributed by atoms with Crippen molar-refractivity contribution in [1.29, 1.82) is 0 Å². The predicted molar refractivity (Wildman–Crippen MR) is 59.1 cm³/mol. The molecule has 1 aromatic rings. The monoisotopic (exact) mass is 207 g/mol. The summed E-state index contributed by atoms with van der Waals surface area (Å²) in [6.45, 7) is 2.98. The topological polar surface area (TPSA) is 32.7 Å². The second kappa shape index (κ2) is 4.64. The van der Waals surface area contributed by atoms with E-state index in [9.17, 15) is 0 Å². The van der Waals surface area contributed by atoms with Crippen LogP contribution in [0.25, 0.3) is 0 Å². The standard InChI is InChI=1S/C12H17NO2/c1-15-12-3-2-11-9-13(6-7-14)5-4-10(11)8-12/h2-3,8,14H,4-7,9H2,1H3. The lowest BCUT2D eigenvalue weighted by Gasteiger charge is -2.28. The summed E-state index contributed by atoms with van der Waals surface area (Å²) >= 11 is 0. The lowest BCUT2D eigenvalue weighted by molar-refractivity contribution is 0.184. The summed E-state index contributed by atoms with van der Waals surface area (Å²) in [4.78, 5) is 2.27. The molecule has 1 heterocycles. The lowest BCUT2D eigenvalue weighted by Crippen LogP contribution is -2.32. The Morgan fingerprint density at radius 3 is 3.00 bits per heavy atom. The van der Waals surface area contributed by atoms with Crippen LogP contribution in [0.4, 0.5) is 0 Å². The highest BCUT2D eigenvalue weighted by atomic mass is 16.5. The quantitative estimate of drug-likeness (QED) is 0.804. The van der Waals surface area contributed by atoms with Crippen LogP contribution in [0.1, 0.15) is 11.1 Å². The van der Waals surface area contributed by atoms with Crippen molar-refractivity contribution in [2.24, 2.45) is 0 Å². The van der Waals surface area contributed by atoms with Gasteiger partial charge in [0.2, 0.25) is 0 Å². The van der Waals surface area contributed by atoms with Gasteiger partial charge in [0.25, 0.3) is 0 Å². The maximum atomic E-state index is 8.89. The average molecular weight is 207 g/mol. The zero-order valence-corrected chi connectivity index (χ0v) is 9.07. The van der Waals surface area contributed by atoms with Crippen LogP contribution >= 0.6 is 0 Å². The first-order chi connectivity index (χ1) is 7.33. The molecule has 0 atom stereocenters. The minimum atomic E-state index is 0.242. The summed E-state index contributed by atoms with van der Waals surface area (Å²) in [6.07, 6.45) is 1.05. The number of ether oxygens (including phenoxy) is 1. The third kappa shape index (κ3) is 2.30. The highest BCUT2D eigenvalue weighted by Crippen LogP contribution is 2.23. The smallest absolute Gasteiger partial charge is 0.119 e. The van der Waals surface area contributed by atoms with E-state index in [2.05, 4.69) is 17.0 Å². The van der Waals surface area contributed by atoms with Gasteiger partial charge in [-0.1, -0.05) is 6.07 Å². The van der Waals surface area contributed by atoms with Crippen molar-refractivity contribution in [3.8, 4) is 5.75 Å². The first-order valence-electron chi connectivity index (χ1n) is 5.32. The van der Waals surface area contributed by atoms with Crippen LogP contribution in [0, 0.1) is 0 Å². The Balaban J connectivity index is 2.13. The Kier molecular flexibility index (Phi) is 3.23. The summed E-state index contributed by atoms with van der Waals surface area (Å²) in [6, 6.07) is 6.24. The van der Waals surface area contributed by atoms with Gasteiger partial charge in [-0.25, -0.2) is 0 Å². The van der Waals surface area contributed by atoms with E-state index in [4.69, 9.17) is 9.84 Å². The molecule has 0 saturated carbocycles. The Hall–Kier alpha value is -1.06. The molecule has 3 nitrogen and oxygen atoms in total. The third-order valence-electron chi connectivity index (χ3n) is 2.92. The van der Waals surface area contributed by atoms with E-state index in [-0.39, 0.29) is 6.61 Å². The molecule has 1 aliphatic heterocycles. The van der Waals surface area contributed by atoms with Gasteiger partial charge in [0.1, 0.15) is 5.75 Å². The van der Waals surface area contributed by atoms with Gasteiger partial charge in [-0.3, -0.25) is 4.90 Å². The maximum Gasteiger partial charge on any atom is 0.119 e. The van der Waals surface area contributed by atoms with Crippen LogP contribution < -0.4 is 4.74 Å². The van der Waals surface area contributed by atoms with E-state index in [1.807, 2.05) is 6.07 Å². The number of fused-ring (bicyclic) bond motifs is 1. The third-order valence-corrected chi connectivity index (χ3v) is 2.92. The highest BCUT2D eigenvalue weighted by molar-refractivity contribution is 5.37. The minimum Gasteiger partial charge on any atom is -0.497 e. The SMILES string of the molecule is COc1ccc2c(c1)CCN(CCO)C2. The van der Waals surface area contributed by atoms with E-state index in [0.717, 1.165) is 31.8 Å². The van der Waals surface area contributed by atoms with E-state index >= 15 is 0 Å². The Morgan fingerprint density at radius 2 is 2.27 bits per heavy atom. The summed E-state index contributed by atoms with van der Waals surface area (Å²) in [5.74, 6) is 0.935. The normalized spacial score (nSPS) is 16.1. The molecule has 0 aliphatic carbocycles. The second-order valence-electron chi connectivity index (χ2n) is 3.88. The van der Waals surface area contributed by atoms with Crippen molar-refractivity contribution >= 4 is 0 Å². The lowest BCUT2D eigenvalue weighted by atomic mass is 9.99. The van der Waals surface area contributed by atoms with Gasteiger partial charge < -0.3 is 9.84 Å². The number of aliphatic hydroxyl groups is 1. The largest absolute Gasteiger partial charge is 0.497 e. The summed E-state index contributed by atoms with van der Waals surface area (Å²) < 4.78 is 5.20. The number of benzene rings is 1. The van der Waals surface area contributed by atoms with Crippen molar-refractivity contribution in [2.75, 3.05) is 26.8 Å². The van der Waals surface area contributed by atoms with Crippen LogP contribution in [0.3, 0.4) is 0 Å². The molecule has 0 aromatic heterocycles. The van der Waals surface area contributed by atoms with Crippen LogP contribution in [-0.2, 0) is 13.0 Å². The van der Waals surface area contributed by atoms with Gasteiger partial charge in [0, 0.05) is 19.6 Å². The van der Waals surface area contributed by atoms with Gasteiger partial charge in [-0.2, -0.15) is 0 Å². The van der Waals surface area contributed by atoms with Crippen molar-refractivity contribution in [3.63, 3.8) is 0 Å². The van der Waals surface area contributed by atoms with E-state index < -0.39 is 0 Å². The zero-order valence-electron chi connectivity index (χ0n) is 9.07. The number of hydrogen-bond donors (Lipinski definition) is 1. The molecule has 0 spiro atoms. The van der Waals surface area contributed by atoms with E-state index in [0.29, 0.717) is 0 Å². The number of rotatable bonds is 3. The number of β-amino-alcohol motifs (C(OH)–C–C–N with tert-alkyl or cyclic N) is 1. The van der Waals surface area contributed by atoms with Crippen LogP contribution in [0.5, 0.6) is 5.75 Å². The van der Waals surface area contributed by atoms with Crippen LogP contribution in [0.15, 0.2) is 18.2 Å². The van der Waals surface area contributed by atoms with Crippen molar-refractivity contribution < 1.29 is 9.84 Å². The van der Waals surface area contributed by atoms with Crippen molar-refractivity contribution in [1.82, 2.24) is 4.90 Å². The molecule has 15 heavy (non-hydrogen) atoms. The predicted octanol–water partition coefficient (Wildman–Crippen LogP) is 1.05. The molecule has 0 saturated heterocycles. The van der Waals surface area contributed by atoms with Gasteiger partial charge in [0.15, 0.2) is 0 Å². The summed E-state index contributed by atoms with van der Waals surface area (Å²) in [7, 11) is 1.70. The molecule has 0 fully saturated rings. The highest BCUT2D eigenvalue weighted by Gasteiger charge is 2.15. The van der Waals surface area contributed by atoms with E-state index in [1.54, 1.807) is 7.11 Å². The molecule has 1 aromatic carbocycles. The Morgan fingerprint density at radius 1 is 1.40 bits per heavy atom. The molecular weight excluding hydrogens is 190 g/mol. The molecule has 0 unspecified atom stereocenters. The molecule has 1 N–H and O–H groups in total. The van der Waals surface area contributed by atoms with Gasteiger partial charge in [-0.05, 0) is 29.7 Å². The maximum absolute atomic E-state index is 8.89. The fourth-order valence-electron chi connectivity index (χ4n) is 2.05. The molecule has 82 valence electrons. The fraction of sp³-hybridized carbons (Fsp3) is 0.500. The fourth-order valence-corrected chi connectivity index (χ4v) is 2.05. The number of aliphatic hydroxyl groups excluding tert-OH is 1. The van der Waals surface area contributed by atoms with Gasteiger partial charge in [-0.15, -0.1) is 0 Å². The zero-order chi connectivity index (χ0) is 10.7. The average Bonchev–Trinajstić information content (AvgIpc) is 2.29. The Bertz CT molecular complexity index is 338. The van der Waals surface area contributed by atoms with Crippen LogP contribution in [-0.4, -0.2) is 36.8 Å². The first kappa shape index (κ1) is 10.5.